The van der Waals surface area contributed by atoms with E-state index in [0.29, 0.717) is 19.0 Å². The van der Waals surface area contributed by atoms with E-state index in [9.17, 15) is 0 Å². The van der Waals surface area contributed by atoms with Crippen LogP contribution in [0.4, 0.5) is 0 Å². The molecule has 0 saturated heterocycles. The van der Waals surface area contributed by atoms with Crippen LogP contribution in [0.3, 0.4) is 0 Å². The molecular formula is C20H20N6O2. The predicted octanol–water partition coefficient (Wildman–Crippen LogP) is 3.45. The minimum Gasteiger partial charge on any atom is -0.494 e. The number of nitrogens with zero attached hydrogens (tertiary/aromatic N) is 5. The summed E-state index contributed by atoms with van der Waals surface area (Å²) in [5, 5.41) is 6.74. The molecule has 8 heteroatoms. The zero-order valence-electron chi connectivity index (χ0n) is 15.6. The summed E-state index contributed by atoms with van der Waals surface area (Å²) in [6.07, 6.45) is 5.30. The molecule has 28 heavy (non-hydrogen) atoms. The Morgan fingerprint density at radius 3 is 2.96 bits per heavy atom. The van der Waals surface area contributed by atoms with Crippen molar-refractivity contribution < 1.29 is 9.47 Å². The number of hydrogen-bond acceptors (Lipinski definition) is 6. The SMILES string of the molecule is CCOc1cc2c3c(c1)nc(-c1ccc(-c4ncn[nH]4)cn1)n3CCCCO2. The molecule has 1 N–H and O–H groups in total. The second-order valence-electron chi connectivity index (χ2n) is 6.63. The van der Waals surface area contributed by atoms with E-state index in [4.69, 9.17) is 14.5 Å². The van der Waals surface area contributed by atoms with Crippen molar-refractivity contribution in [1.82, 2.24) is 29.7 Å². The Labute approximate surface area is 161 Å². The average Bonchev–Trinajstić information content (AvgIpc) is 3.34. The molecule has 4 heterocycles. The summed E-state index contributed by atoms with van der Waals surface area (Å²) in [6.45, 7) is 4.15. The van der Waals surface area contributed by atoms with Crippen LogP contribution in [-0.4, -0.2) is 42.9 Å². The average molecular weight is 376 g/mol. The molecule has 0 unspecified atom stereocenters. The van der Waals surface area contributed by atoms with E-state index in [1.54, 1.807) is 6.20 Å². The summed E-state index contributed by atoms with van der Waals surface area (Å²) in [4.78, 5) is 13.7. The number of pyridine rings is 1. The number of aromatic amines is 1. The van der Waals surface area contributed by atoms with Crippen LogP contribution in [0.2, 0.25) is 0 Å². The van der Waals surface area contributed by atoms with Crippen molar-refractivity contribution in [3.8, 4) is 34.4 Å². The van der Waals surface area contributed by atoms with E-state index < -0.39 is 0 Å². The molecule has 0 amide bonds. The number of aryl methyl sites for hydroxylation is 1. The van der Waals surface area contributed by atoms with Crippen LogP contribution in [-0.2, 0) is 6.54 Å². The van der Waals surface area contributed by atoms with Gasteiger partial charge >= 0.3 is 0 Å². The number of benzene rings is 1. The molecule has 1 aliphatic rings. The molecule has 4 aromatic rings. The van der Waals surface area contributed by atoms with Gasteiger partial charge in [0.15, 0.2) is 11.6 Å². The second kappa shape index (κ2) is 6.95. The summed E-state index contributed by atoms with van der Waals surface area (Å²) >= 11 is 0. The Bertz CT molecular complexity index is 1100. The van der Waals surface area contributed by atoms with Gasteiger partial charge in [-0.25, -0.2) is 9.97 Å². The molecular weight excluding hydrogens is 356 g/mol. The maximum atomic E-state index is 6.02. The van der Waals surface area contributed by atoms with Gasteiger partial charge in [-0.2, -0.15) is 5.10 Å². The Balaban J connectivity index is 1.64. The first-order valence-corrected chi connectivity index (χ1v) is 9.45. The maximum absolute atomic E-state index is 6.02. The smallest absolute Gasteiger partial charge is 0.159 e. The van der Waals surface area contributed by atoms with Crippen LogP contribution < -0.4 is 9.47 Å². The van der Waals surface area contributed by atoms with Gasteiger partial charge in [0, 0.05) is 30.4 Å². The van der Waals surface area contributed by atoms with Crippen LogP contribution in [0, 0.1) is 0 Å². The molecule has 0 aliphatic carbocycles. The molecule has 0 atom stereocenters. The number of aromatic nitrogens is 6. The molecule has 0 radical (unpaired) electrons. The molecule has 0 bridgehead atoms. The van der Waals surface area contributed by atoms with Crippen molar-refractivity contribution in [1.29, 1.82) is 0 Å². The first-order chi connectivity index (χ1) is 13.8. The normalized spacial score (nSPS) is 13.8. The number of hydrogen-bond donors (Lipinski definition) is 1. The predicted molar refractivity (Wildman–Crippen MR) is 104 cm³/mol. The molecule has 8 nitrogen and oxygen atoms in total. The van der Waals surface area contributed by atoms with Crippen LogP contribution >= 0.6 is 0 Å². The molecule has 3 aromatic heterocycles. The number of imidazole rings is 1. The minimum absolute atomic E-state index is 0.600. The molecule has 0 fully saturated rings. The van der Waals surface area contributed by atoms with E-state index in [1.165, 1.54) is 6.33 Å². The maximum Gasteiger partial charge on any atom is 0.159 e. The molecule has 0 spiro atoms. The van der Waals surface area contributed by atoms with Crippen molar-refractivity contribution in [2.45, 2.75) is 26.3 Å². The fourth-order valence-electron chi connectivity index (χ4n) is 3.54. The lowest BCUT2D eigenvalue weighted by atomic mass is 10.2. The summed E-state index contributed by atoms with van der Waals surface area (Å²) < 4.78 is 13.9. The van der Waals surface area contributed by atoms with Crippen LogP contribution in [0.15, 0.2) is 36.8 Å². The van der Waals surface area contributed by atoms with Crippen molar-refractivity contribution in [2.24, 2.45) is 0 Å². The van der Waals surface area contributed by atoms with Gasteiger partial charge in [0.25, 0.3) is 0 Å². The highest BCUT2D eigenvalue weighted by atomic mass is 16.5. The van der Waals surface area contributed by atoms with Crippen molar-refractivity contribution in [3.63, 3.8) is 0 Å². The van der Waals surface area contributed by atoms with Gasteiger partial charge in [-0.1, -0.05) is 0 Å². The Kier molecular flexibility index (Phi) is 4.16. The summed E-state index contributed by atoms with van der Waals surface area (Å²) in [7, 11) is 0. The third-order valence-corrected chi connectivity index (χ3v) is 4.81. The fourth-order valence-corrected chi connectivity index (χ4v) is 3.54. The third kappa shape index (κ3) is 2.87. The van der Waals surface area contributed by atoms with Crippen LogP contribution in [0.5, 0.6) is 11.5 Å². The highest BCUT2D eigenvalue weighted by molar-refractivity contribution is 5.87. The molecule has 1 aromatic carbocycles. The van der Waals surface area contributed by atoms with Crippen molar-refractivity contribution in [3.05, 3.63) is 36.8 Å². The van der Waals surface area contributed by atoms with Gasteiger partial charge in [-0.3, -0.25) is 10.1 Å². The standard InChI is InChI=1S/C20H20N6O2/c1-2-27-14-9-16-18-17(10-14)28-8-4-3-7-26(18)20(24-16)15-6-5-13(11-21-15)19-22-12-23-25-19/h5-6,9-12H,2-4,7-8H2,1H3,(H,22,23,25). The second-order valence-corrected chi connectivity index (χ2v) is 6.63. The lowest BCUT2D eigenvalue weighted by molar-refractivity contribution is 0.294. The number of nitrogens with one attached hydrogen (secondary N) is 1. The Morgan fingerprint density at radius 1 is 1.21 bits per heavy atom. The van der Waals surface area contributed by atoms with Crippen molar-refractivity contribution >= 4 is 11.0 Å². The van der Waals surface area contributed by atoms with E-state index in [0.717, 1.165) is 59.0 Å². The largest absolute Gasteiger partial charge is 0.494 e. The van der Waals surface area contributed by atoms with E-state index >= 15 is 0 Å². The topological polar surface area (TPSA) is 90.7 Å². The quantitative estimate of drug-likeness (QED) is 0.587. The number of ether oxygens (including phenoxy) is 2. The Morgan fingerprint density at radius 2 is 2.18 bits per heavy atom. The van der Waals surface area contributed by atoms with Crippen molar-refractivity contribution in [2.75, 3.05) is 13.2 Å². The molecule has 5 rings (SSSR count). The lowest BCUT2D eigenvalue weighted by Gasteiger charge is -2.16. The van der Waals surface area contributed by atoms with E-state index in [-0.39, 0.29) is 0 Å². The highest BCUT2D eigenvalue weighted by Gasteiger charge is 2.20. The van der Waals surface area contributed by atoms with E-state index in [1.807, 2.05) is 31.2 Å². The molecule has 142 valence electrons. The summed E-state index contributed by atoms with van der Waals surface area (Å²) in [5.74, 6) is 3.12. The first-order valence-electron chi connectivity index (χ1n) is 9.45. The number of rotatable bonds is 4. The zero-order valence-corrected chi connectivity index (χ0v) is 15.6. The monoisotopic (exact) mass is 376 g/mol. The third-order valence-electron chi connectivity index (χ3n) is 4.81. The van der Waals surface area contributed by atoms with Gasteiger partial charge < -0.3 is 14.0 Å². The lowest BCUT2D eigenvalue weighted by Crippen LogP contribution is -2.09. The van der Waals surface area contributed by atoms with E-state index in [2.05, 4.69) is 24.7 Å². The van der Waals surface area contributed by atoms with Gasteiger partial charge in [-0.15, -0.1) is 0 Å². The van der Waals surface area contributed by atoms with Crippen LogP contribution in [0.1, 0.15) is 19.8 Å². The van der Waals surface area contributed by atoms with Gasteiger partial charge in [0.1, 0.15) is 29.0 Å². The number of H-pyrrole nitrogens is 1. The Hall–Kier alpha value is -3.42. The molecule has 0 saturated carbocycles. The zero-order chi connectivity index (χ0) is 18.9. The first kappa shape index (κ1) is 16.7. The van der Waals surface area contributed by atoms with Gasteiger partial charge in [0.05, 0.1) is 18.7 Å². The van der Waals surface area contributed by atoms with Gasteiger partial charge in [-0.05, 0) is 31.9 Å². The fraction of sp³-hybridized carbons (Fsp3) is 0.300. The summed E-state index contributed by atoms with van der Waals surface area (Å²) in [5.41, 5.74) is 3.55. The summed E-state index contributed by atoms with van der Waals surface area (Å²) in [6, 6.07) is 7.86. The minimum atomic E-state index is 0.600. The molecule has 1 aliphatic heterocycles. The van der Waals surface area contributed by atoms with Crippen LogP contribution in [0.25, 0.3) is 33.9 Å². The van der Waals surface area contributed by atoms with Gasteiger partial charge in [0.2, 0.25) is 0 Å². The highest BCUT2D eigenvalue weighted by Crippen LogP contribution is 2.36.